The van der Waals surface area contributed by atoms with Crippen molar-refractivity contribution in [3.05, 3.63) is 35.9 Å². The SMILES string of the molecule is OC(CC1CCCNC1)c1ccccc1. The van der Waals surface area contributed by atoms with Gasteiger partial charge in [0.05, 0.1) is 6.10 Å². The Kier molecular flexibility index (Phi) is 3.75. The highest BCUT2D eigenvalue weighted by Crippen LogP contribution is 2.24. The van der Waals surface area contributed by atoms with Gasteiger partial charge in [0.2, 0.25) is 0 Å². The predicted molar refractivity (Wildman–Crippen MR) is 61.6 cm³/mol. The van der Waals surface area contributed by atoms with Crippen LogP contribution >= 0.6 is 0 Å². The van der Waals surface area contributed by atoms with Gasteiger partial charge in [0.1, 0.15) is 0 Å². The average molecular weight is 205 g/mol. The molecule has 2 heteroatoms. The van der Waals surface area contributed by atoms with Crippen molar-refractivity contribution in [2.45, 2.75) is 25.4 Å². The van der Waals surface area contributed by atoms with Crippen molar-refractivity contribution in [2.24, 2.45) is 5.92 Å². The molecule has 2 N–H and O–H groups in total. The topological polar surface area (TPSA) is 32.3 Å². The first-order valence-electron chi connectivity index (χ1n) is 5.80. The van der Waals surface area contributed by atoms with E-state index in [0.717, 1.165) is 25.1 Å². The standard InChI is InChI=1S/C13H19NO/c15-13(12-6-2-1-3-7-12)9-11-5-4-8-14-10-11/h1-3,6-7,11,13-15H,4-5,8-10H2. The first-order valence-corrected chi connectivity index (χ1v) is 5.80. The first kappa shape index (κ1) is 10.7. The van der Waals surface area contributed by atoms with Crippen molar-refractivity contribution in [3.8, 4) is 0 Å². The number of nitrogens with one attached hydrogen (secondary N) is 1. The van der Waals surface area contributed by atoms with E-state index in [1.807, 2.05) is 30.3 Å². The van der Waals surface area contributed by atoms with Crippen LogP contribution in [0.3, 0.4) is 0 Å². The number of aliphatic hydroxyl groups excluding tert-OH is 1. The van der Waals surface area contributed by atoms with Gasteiger partial charge in [-0.3, -0.25) is 0 Å². The minimum Gasteiger partial charge on any atom is -0.388 e. The molecule has 2 unspecified atom stereocenters. The monoisotopic (exact) mass is 205 g/mol. The second-order valence-electron chi connectivity index (χ2n) is 4.37. The highest BCUT2D eigenvalue weighted by molar-refractivity contribution is 5.17. The van der Waals surface area contributed by atoms with Crippen molar-refractivity contribution >= 4 is 0 Å². The van der Waals surface area contributed by atoms with E-state index in [4.69, 9.17) is 0 Å². The maximum atomic E-state index is 10.0. The molecular weight excluding hydrogens is 186 g/mol. The van der Waals surface area contributed by atoms with E-state index < -0.39 is 0 Å². The van der Waals surface area contributed by atoms with Gasteiger partial charge in [-0.1, -0.05) is 30.3 Å². The zero-order chi connectivity index (χ0) is 10.5. The molecule has 1 saturated heterocycles. The lowest BCUT2D eigenvalue weighted by Crippen LogP contribution is -2.30. The lowest BCUT2D eigenvalue weighted by atomic mass is 9.91. The first-order chi connectivity index (χ1) is 7.36. The lowest BCUT2D eigenvalue weighted by Gasteiger charge is -2.25. The van der Waals surface area contributed by atoms with Crippen LogP contribution in [0.2, 0.25) is 0 Å². The summed E-state index contributed by atoms with van der Waals surface area (Å²) < 4.78 is 0. The quantitative estimate of drug-likeness (QED) is 0.792. The summed E-state index contributed by atoms with van der Waals surface area (Å²) in [7, 11) is 0. The number of piperidine rings is 1. The molecule has 1 aromatic rings. The minimum atomic E-state index is -0.295. The third-order valence-electron chi connectivity index (χ3n) is 3.14. The maximum absolute atomic E-state index is 10.0. The van der Waals surface area contributed by atoms with Gasteiger partial charge in [-0.2, -0.15) is 0 Å². The summed E-state index contributed by atoms with van der Waals surface area (Å²) in [5, 5.41) is 13.4. The molecule has 82 valence electrons. The second kappa shape index (κ2) is 5.29. The molecule has 0 aromatic heterocycles. The van der Waals surface area contributed by atoms with Gasteiger partial charge in [-0.15, -0.1) is 0 Å². The number of hydrogen-bond donors (Lipinski definition) is 2. The summed E-state index contributed by atoms with van der Waals surface area (Å²) in [4.78, 5) is 0. The minimum absolute atomic E-state index is 0.295. The van der Waals surface area contributed by atoms with E-state index >= 15 is 0 Å². The van der Waals surface area contributed by atoms with Gasteiger partial charge in [-0.05, 0) is 43.8 Å². The third-order valence-corrected chi connectivity index (χ3v) is 3.14. The summed E-state index contributed by atoms with van der Waals surface area (Å²) in [5.41, 5.74) is 1.04. The Bertz CT molecular complexity index is 280. The summed E-state index contributed by atoms with van der Waals surface area (Å²) in [5.74, 6) is 0.633. The molecule has 1 fully saturated rings. The smallest absolute Gasteiger partial charge is 0.0793 e. The van der Waals surface area contributed by atoms with Crippen LogP contribution in [-0.4, -0.2) is 18.2 Å². The van der Waals surface area contributed by atoms with E-state index in [1.165, 1.54) is 12.8 Å². The lowest BCUT2D eigenvalue weighted by molar-refractivity contribution is 0.135. The largest absolute Gasteiger partial charge is 0.388 e. The maximum Gasteiger partial charge on any atom is 0.0793 e. The summed E-state index contributed by atoms with van der Waals surface area (Å²) >= 11 is 0. The highest BCUT2D eigenvalue weighted by Gasteiger charge is 2.17. The molecule has 2 rings (SSSR count). The molecule has 1 aliphatic rings. The molecule has 0 spiro atoms. The van der Waals surface area contributed by atoms with Crippen LogP contribution in [0, 0.1) is 5.92 Å². The zero-order valence-corrected chi connectivity index (χ0v) is 9.02. The molecule has 0 aliphatic carbocycles. The second-order valence-corrected chi connectivity index (χ2v) is 4.37. The summed E-state index contributed by atoms with van der Waals surface area (Å²) in [6.45, 7) is 2.20. The average Bonchev–Trinajstić information content (AvgIpc) is 2.31. The van der Waals surface area contributed by atoms with Crippen LogP contribution in [0.25, 0.3) is 0 Å². The Morgan fingerprint density at radius 1 is 1.33 bits per heavy atom. The van der Waals surface area contributed by atoms with Gasteiger partial charge in [0.15, 0.2) is 0 Å². The summed E-state index contributed by atoms with van der Waals surface area (Å²) in [6, 6.07) is 9.95. The van der Waals surface area contributed by atoms with Crippen LogP contribution in [-0.2, 0) is 0 Å². The van der Waals surface area contributed by atoms with Crippen LogP contribution in [0.5, 0.6) is 0 Å². The van der Waals surface area contributed by atoms with Gasteiger partial charge in [-0.25, -0.2) is 0 Å². The molecule has 1 heterocycles. The van der Waals surface area contributed by atoms with Crippen molar-refractivity contribution < 1.29 is 5.11 Å². The number of benzene rings is 1. The molecule has 0 amide bonds. The molecule has 0 bridgehead atoms. The fourth-order valence-corrected chi connectivity index (χ4v) is 2.25. The van der Waals surface area contributed by atoms with Crippen molar-refractivity contribution in [2.75, 3.05) is 13.1 Å². The Balaban J connectivity index is 1.88. The molecular formula is C13H19NO. The fraction of sp³-hybridized carbons (Fsp3) is 0.538. The van der Waals surface area contributed by atoms with Crippen LogP contribution in [0.1, 0.15) is 30.9 Å². The van der Waals surface area contributed by atoms with E-state index in [2.05, 4.69) is 5.32 Å². The Labute approximate surface area is 91.3 Å². The van der Waals surface area contributed by atoms with Gasteiger partial charge >= 0.3 is 0 Å². The zero-order valence-electron chi connectivity index (χ0n) is 9.02. The van der Waals surface area contributed by atoms with E-state index in [9.17, 15) is 5.11 Å². The van der Waals surface area contributed by atoms with Gasteiger partial charge in [0.25, 0.3) is 0 Å². The molecule has 2 nitrogen and oxygen atoms in total. The molecule has 1 aromatic carbocycles. The van der Waals surface area contributed by atoms with Crippen molar-refractivity contribution in [3.63, 3.8) is 0 Å². The molecule has 15 heavy (non-hydrogen) atoms. The number of aliphatic hydroxyl groups is 1. The molecule has 2 atom stereocenters. The van der Waals surface area contributed by atoms with Crippen molar-refractivity contribution in [1.29, 1.82) is 0 Å². The third kappa shape index (κ3) is 3.05. The predicted octanol–water partition coefficient (Wildman–Crippen LogP) is 2.11. The van der Waals surface area contributed by atoms with E-state index in [0.29, 0.717) is 5.92 Å². The summed E-state index contributed by atoms with van der Waals surface area (Å²) in [6.07, 6.45) is 3.08. The number of rotatable bonds is 3. The van der Waals surface area contributed by atoms with E-state index in [1.54, 1.807) is 0 Å². The molecule has 1 aliphatic heterocycles. The van der Waals surface area contributed by atoms with E-state index in [-0.39, 0.29) is 6.10 Å². The van der Waals surface area contributed by atoms with Crippen LogP contribution < -0.4 is 5.32 Å². The molecule has 0 saturated carbocycles. The van der Waals surface area contributed by atoms with Gasteiger partial charge < -0.3 is 10.4 Å². The fourth-order valence-electron chi connectivity index (χ4n) is 2.25. The number of hydrogen-bond acceptors (Lipinski definition) is 2. The highest BCUT2D eigenvalue weighted by atomic mass is 16.3. The molecule has 0 radical (unpaired) electrons. The van der Waals surface area contributed by atoms with Crippen molar-refractivity contribution in [1.82, 2.24) is 5.32 Å². The Morgan fingerprint density at radius 3 is 2.80 bits per heavy atom. The Hall–Kier alpha value is -0.860. The van der Waals surface area contributed by atoms with Gasteiger partial charge in [0, 0.05) is 0 Å². The van der Waals surface area contributed by atoms with Crippen LogP contribution in [0.4, 0.5) is 0 Å². The Morgan fingerprint density at radius 2 is 2.13 bits per heavy atom. The van der Waals surface area contributed by atoms with Crippen LogP contribution in [0.15, 0.2) is 30.3 Å². The normalized spacial score (nSPS) is 23.7.